The first-order chi connectivity index (χ1) is 12.9. The Kier molecular flexibility index (Phi) is 5.05. The molecule has 0 spiro atoms. The Bertz CT molecular complexity index is 849. The molecule has 2 atom stereocenters. The highest BCUT2D eigenvalue weighted by Gasteiger charge is 2.53. The number of aliphatic imine (C=N–C) groups is 1. The summed E-state index contributed by atoms with van der Waals surface area (Å²) in [6.07, 6.45) is -0.366. The Labute approximate surface area is 158 Å². The third kappa shape index (κ3) is 3.33. The fourth-order valence-corrected chi connectivity index (χ4v) is 3.41. The van der Waals surface area contributed by atoms with E-state index in [0.29, 0.717) is 5.75 Å². The number of carbonyl (C=O) groups is 1. The number of carbonyl (C=O) groups excluding carboxylic acids is 1. The monoisotopic (exact) mass is 369 g/mol. The van der Waals surface area contributed by atoms with Crippen molar-refractivity contribution in [3.05, 3.63) is 59.7 Å². The molecule has 1 heterocycles. The van der Waals surface area contributed by atoms with Crippen LogP contribution in [0.2, 0.25) is 0 Å². The van der Waals surface area contributed by atoms with Crippen molar-refractivity contribution in [1.82, 2.24) is 4.90 Å². The van der Waals surface area contributed by atoms with Crippen LogP contribution >= 0.6 is 0 Å². The van der Waals surface area contributed by atoms with Crippen molar-refractivity contribution in [3.8, 4) is 11.5 Å². The number of phenolic OH excluding ortho intramolecular Hbond substituents is 1. The first kappa shape index (κ1) is 18.7. The summed E-state index contributed by atoms with van der Waals surface area (Å²) >= 11 is 0. The summed E-state index contributed by atoms with van der Waals surface area (Å²) in [6, 6.07) is 14.0. The number of amides is 1. The van der Waals surface area contributed by atoms with Crippen molar-refractivity contribution in [2.75, 3.05) is 21.3 Å². The number of hydrogen-bond donors (Lipinski definition) is 2. The highest BCUT2D eigenvalue weighted by molar-refractivity contribution is 6.07. The number of aromatic hydroxyl groups is 1. The first-order valence-electron chi connectivity index (χ1n) is 8.49. The first-order valence-corrected chi connectivity index (χ1v) is 8.49. The molecule has 0 saturated carbocycles. The standard InChI is InChI=1S/C20H23N3O4/c1-23-18(25)20(22-19(23)21,12-13-4-8-15(24)9-5-13)17(27-3)14-6-10-16(26-2)11-7-14/h4-11,17,24H,12H2,1-3H3,(H2,21,22)/t17-,20+/m0/s1. The van der Waals surface area contributed by atoms with Crippen molar-refractivity contribution in [3.63, 3.8) is 0 Å². The molecular formula is C20H23N3O4. The van der Waals surface area contributed by atoms with Crippen molar-refractivity contribution in [1.29, 1.82) is 0 Å². The van der Waals surface area contributed by atoms with E-state index in [0.717, 1.165) is 11.1 Å². The maximum atomic E-state index is 13.2. The fourth-order valence-electron chi connectivity index (χ4n) is 3.41. The lowest BCUT2D eigenvalue weighted by atomic mass is 9.82. The lowest BCUT2D eigenvalue weighted by Crippen LogP contribution is -2.48. The summed E-state index contributed by atoms with van der Waals surface area (Å²) in [5.41, 5.74) is 6.37. The number of hydrogen-bond acceptors (Lipinski definition) is 6. The van der Waals surface area contributed by atoms with Crippen LogP contribution in [-0.4, -0.2) is 48.7 Å². The summed E-state index contributed by atoms with van der Waals surface area (Å²) in [4.78, 5) is 19.1. The molecule has 7 heteroatoms. The van der Waals surface area contributed by atoms with E-state index >= 15 is 0 Å². The molecule has 0 saturated heterocycles. The molecule has 0 fully saturated rings. The summed E-state index contributed by atoms with van der Waals surface area (Å²) < 4.78 is 11.0. The number of rotatable bonds is 6. The number of nitrogens with two attached hydrogens (primary N) is 1. The smallest absolute Gasteiger partial charge is 0.260 e. The highest BCUT2D eigenvalue weighted by atomic mass is 16.5. The summed E-state index contributed by atoms with van der Waals surface area (Å²) in [5.74, 6) is 0.772. The van der Waals surface area contributed by atoms with Gasteiger partial charge in [0.2, 0.25) is 0 Å². The normalized spacial score (nSPS) is 20.5. The van der Waals surface area contributed by atoms with Crippen LogP contribution in [0.3, 0.4) is 0 Å². The highest BCUT2D eigenvalue weighted by Crippen LogP contribution is 2.40. The molecule has 3 N–H and O–H groups in total. The zero-order chi connectivity index (χ0) is 19.6. The van der Waals surface area contributed by atoms with Gasteiger partial charge in [-0.1, -0.05) is 24.3 Å². The lowest BCUT2D eigenvalue weighted by Gasteiger charge is -2.33. The second-order valence-electron chi connectivity index (χ2n) is 6.49. The van der Waals surface area contributed by atoms with E-state index in [2.05, 4.69) is 4.99 Å². The molecule has 2 aromatic rings. The van der Waals surface area contributed by atoms with Crippen LogP contribution in [0.15, 0.2) is 53.5 Å². The van der Waals surface area contributed by atoms with Gasteiger partial charge in [0, 0.05) is 20.6 Å². The SMILES string of the molecule is COc1ccc([C@H](OC)[C@@]2(Cc3ccc(O)cc3)N=C(N)N(C)C2=O)cc1. The topological polar surface area (TPSA) is 97.4 Å². The largest absolute Gasteiger partial charge is 0.508 e. The molecule has 142 valence electrons. The summed E-state index contributed by atoms with van der Waals surface area (Å²) in [5, 5.41) is 9.54. The number of guanidine groups is 1. The molecule has 0 aromatic heterocycles. The van der Waals surface area contributed by atoms with E-state index < -0.39 is 11.6 Å². The lowest BCUT2D eigenvalue weighted by molar-refractivity contribution is -0.135. The minimum atomic E-state index is -1.24. The second kappa shape index (κ2) is 7.28. The van der Waals surface area contributed by atoms with Gasteiger partial charge in [0.15, 0.2) is 11.5 Å². The summed E-state index contributed by atoms with van der Waals surface area (Å²) in [7, 11) is 4.74. The Hall–Kier alpha value is -3.06. The van der Waals surface area contributed by atoms with E-state index in [1.54, 1.807) is 45.5 Å². The molecule has 3 rings (SSSR count). The Balaban J connectivity index is 2.07. The van der Waals surface area contributed by atoms with Gasteiger partial charge in [-0.05, 0) is 35.4 Å². The molecule has 2 aromatic carbocycles. The molecular weight excluding hydrogens is 346 g/mol. The van der Waals surface area contributed by atoms with E-state index in [4.69, 9.17) is 15.2 Å². The fraction of sp³-hybridized carbons (Fsp3) is 0.300. The van der Waals surface area contributed by atoms with E-state index in [-0.39, 0.29) is 24.0 Å². The van der Waals surface area contributed by atoms with Crippen molar-refractivity contribution >= 4 is 11.9 Å². The van der Waals surface area contributed by atoms with Crippen molar-refractivity contribution in [2.45, 2.75) is 18.1 Å². The van der Waals surface area contributed by atoms with Gasteiger partial charge in [-0.3, -0.25) is 9.69 Å². The maximum Gasteiger partial charge on any atom is 0.260 e. The number of benzene rings is 2. The zero-order valence-corrected chi connectivity index (χ0v) is 15.5. The third-order valence-electron chi connectivity index (χ3n) is 4.83. The van der Waals surface area contributed by atoms with Gasteiger partial charge in [-0.2, -0.15) is 0 Å². The average molecular weight is 369 g/mol. The number of nitrogens with zero attached hydrogens (tertiary/aromatic N) is 2. The van der Waals surface area contributed by atoms with Gasteiger partial charge in [0.1, 0.15) is 17.6 Å². The minimum Gasteiger partial charge on any atom is -0.508 e. The predicted octanol–water partition coefficient (Wildman–Crippen LogP) is 1.86. The number of ether oxygens (including phenoxy) is 2. The van der Waals surface area contributed by atoms with Gasteiger partial charge < -0.3 is 20.3 Å². The third-order valence-corrected chi connectivity index (χ3v) is 4.83. The van der Waals surface area contributed by atoms with Gasteiger partial charge in [-0.15, -0.1) is 0 Å². The molecule has 0 bridgehead atoms. The van der Waals surface area contributed by atoms with Crippen LogP contribution in [0.5, 0.6) is 11.5 Å². The van der Waals surface area contributed by atoms with Crippen LogP contribution in [0.4, 0.5) is 0 Å². The minimum absolute atomic E-state index is 0.148. The van der Waals surface area contributed by atoms with E-state index in [1.165, 1.54) is 4.90 Å². The predicted molar refractivity (Wildman–Crippen MR) is 102 cm³/mol. The average Bonchev–Trinajstić information content (AvgIpc) is 2.89. The van der Waals surface area contributed by atoms with Crippen molar-refractivity contribution < 1.29 is 19.4 Å². The van der Waals surface area contributed by atoms with Gasteiger partial charge >= 0.3 is 0 Å². The van der Waals surface area contributed by atoms with Crippen LogP contribution < -0.4 is 10.5 Å². The quantitative estimate of drug-likeness (QED) is 0.810. The molecule has 1 amide bonds. The Morgan fingerprint density at radius 3 is 2.26 bits per heavy atom. The van der Waals surface area contributed by atoms with E-state index in [9.17, 15) is 9.90 Å². The Morgan fingerprint density at radius 1 is 1.15 bits per heavy atom. The molecule has 0 unspecified atom stereocenters. The molecule has 1 aliphatic rings. The number of methoxy groups -OCH3 is 2. The van der Waals surface area contributed by atoms with Crippen molar-refractivity contribution in [2.24, 2.45) is 10.7 Å². The molecule has 0 aliphatic carbocycles. The number of phenols is 1. The maximum absolute atomic E-state index is 13.2. The van der Waals surface area contributed by atoms with E-state index in [1.807, 2.05) is 24.3 Å². The Morgan fingerprint density at radius 2 is 1.78 bits per heavy atom. The van der Waals surface area contributed by atoms with Crippen LogP contribution in [-0.2, 0) is 16.0 Å². The molecule has 0 radical (unpaired) electrons. The molecule has 27 heavy (non-hydrogen) atoms. The number of likely N-dealkylation sites (N-methyl/N-ethyl adjacent to an activating group) is 1. The van der Waals surface area contributed by atoms with Gasteiger partial charge in [-0.25, -0.2) is 4.99 Å². The summed E-state index contributed by atoms with van der Waals surface area (Å²) in [6.45, 7) is 0. The second-order valence-corrected chi connectivity index (χ2v) is 6.49. The van der Waals surface area contributed by atoms with Gasteiger partial charge in [0.05, 0.1) is 7.11 Å². The van der Waals surface area contributed by atoms with Crippen LogP contribution in [0, 0.1) is 0 Å². The molecule has 1 aliphatic heterocycles. The van der Waals surface area contributed by atoms with Crippen LogP contribution in [0.25, 0.3) is 0 Å². The zero-order valence-electron chi connectivity index (χ0n) is 15.5. The molecule has 7 nitrogen and oxygen atoms in total. The van der Waals surface area contributed by atoms with Crippen LogP contribution in [0.1, 0.15) is 17.2 Å². The van der Waals surface area contributed by atoms with Gasteiger partial charge in [0.25, 0.3) is 5.91 Å².